The van der Waals surface area contributed by atoms with E-state index in [1.807, 2.05) is 30.3 Å². The lowest BCUT2D eigenvalue weighted by molar-refractivity contribution is 0.390. The van der Waals surface area contributed by atoms with E-state index in [0.717, 1.165) is 22.8 Å². The van der Waals surface area contributed by atoms with Crippen LogP contribution in [0.1, 0.15) is 11.3 Å². The highest BCUT2D eigenvalue weighted by Gasteiger charge is 1.98. The first-order chi connectivity index (χ1) is 8.78. The van der Waals surface area contributed by atoms with Gasteiger partial charge in [0.25, 0.3) is 0 Å². The molecule has 0 fully saturated rings. The van der Waals surface area contributed by atoms with Gasteiger partial charge in [0.2, 0.25) is 5.88 Å². The van der Waals surface area contributed by atoms with E-state index in [0.29, 0.717) is 12.4 Å². The molecule has 0 amide bonds. The maximum atomic E-state index is 5.91. The van der Waals surface area contributed by atoms with Crippen molar-refractivity contribution in [3.8, 4) is 5.88 Å². The summed E-state index contributed by atoms with van der Waals surface area (Å²) in [4.78, 5) is 0. The van der Waals surface area contributed by atoms with E-state index in [2.05, 4.69) is 15.5 Å². The monoisotopic (exact) mass is 263 g/mol. The first kappa shape index (κ1) is 12.8. The van der Waals surface area contributed by atoms with Gasteiger partial charge in [0.05, 0.1) is 12.8 Å². The molecule has 0 saturated heterocycles. The van der Waals surface area contributed by atoms with Crippen LogP contribution in [0.4, 0.5) is 0 Å². The van der Waals surface area contributed by atoms with Crippen molar-refractivity contribution in [1.29, 1.82) is 0 Å². The van der Waals surface area contributed by atoms with E-state index in [-0.39, 0.29) is 0 Å². The van der Waals surface area contributed by atoms with Crippen LogP contribution < -0.4 is 10.1 Å². The van der Waals surface area contributed by atoms with Gasteiger partial charge in [-0.1, -0.05) is 23.7 Å². The van der Waals surface area contributed by atoms with Crippen molar-refractivity contribution in [3.63, 3.8) is 0 Å². The Bertz CT molecular complexity index is 502. The minimum atomic E-state index is 0.522. The Balaban J connectivity index is 1.84. The zero-order valence-corrected chi connectivity index (χ0v) is 10.8. The van der Waals surface area contributed by atoms with Crippen LogP contribution in [0.3, 0.4) is 0 Å². The third kappa shape index (κ3) is 3.68. The zero-order chi connectivity index (χ0) is 12.8. The molecule has 0 aliphatic heterocycles. The van der Waals surface area contributed by atoms with Crippen LogP contribution in [0.2, 0.25) is 5.02 Å². The van der Waals surface area contributed by atoms with Crippen molar-refractivity contribution in [2.45, 2.75) is 13.1 Å². The van der Waals surface area contributed by atoms with Gasteiger partial charge in [-0.05, 0) is 23.8 Å². The molecule has 94 valence electrons. The van der Waals surface area contributed by atoms with Crippen LogP contribution in [-0.4, -0.2) is 17.3 Å². The van der Waals surface area contributed by atoms with Crippen LogP contribution in [0.5, 0.6) is 5.88 Å². The van der Waals surface area contributed by atoms with E-state index in [1.54, 1.807) is 13.2 Å². The molecule has 1 N–H and O–H groups in total. The standard InChI is InChI=1S/C13H14ClN3O/c1-18-13-6-5-12(16-17-13)9-15-8-10-3-2-4-11(14)7-10/h2-7,15H,8-9H2,1H3. The predicted molar refractivity (Wildman–Crippen MR) is 70.6 cm³/mol. The topological polar surface area (TPSA) is 47.0 Å². The first-order valence-electron chi connectivity index (χ1n) is 5.59. The van der Waals surface area contributed by atoms with Crippen LogP contribution >= 0.6 is 11.6 Å². The molecule has 0 atom stereocenters. The van der Waals surface area contributed by atoms with Gasteiger partial charge in [-0.2, -0.15) is 5.10 Å². The van der Waals surface area contributed by atoms with Crippen LogP contribution in [0, 0.1) is 0 Å². The number of benzene rings is 1. The van der Waals surface area contributed by atoms with Crippen LogP contribution in [-0.2, 0) is 13.1 Å². The molecule has 0 bridgehead atoms. The maximum Gasteiger partial charge on any atom is 0.233 e. The lowest BCUT2D eigenvalue weighted by Crippen LogP contribution is -2.14. The molecule has 1 aromatic heterocycles. The number of aromatic nitrogens is 2. The van der Waals surface area contributed by atoms with Crippen molar-refractivity contribution >= 4 is 11.6 Å². The maximum absolute atomic E-state index is 5.91. The molecule has 5 heteroatoms. The summed E-state index contributed by atoms with van der Waals surface area (Å²) in [6, 6.07) is 11.4. The second-order valence-electron chi connectivity index (χ2n) is 3.80. The van der Waals surface area contributed by atoms with Gasteiger partial charge < -0.3 is 10.1 Å². The number of hydrogen-bond acceptors (Lipinski definition) is 4. The Hall–Kier alpha value is -1.65. The van der Waals surface area contributed by atoms with Gasteiger partial charge in [0.1, 0.15) is 0 Å². The highest BCUT2D eigenvalue weighted by molar-refractivity contribution is 6.30. The van der Waals surface area contributed by atoms with E-state index in [4.69, 9.17) is 16.3 Å². The molecule has 1 heterocycles. The number of nitrogens with zero attached hydrogens (tertiary/aromatic N) is 2. The predicted octanol–water partition coefficient (Wildman–Crippen LogP) is 2.43. The van der Waals surface area contributed by atoms with Gasteiger partial charge in [-0.25, -0.2) is 0 Å². The second-order valence-corrected chi connectivity index (χ2v) is 4.24. The molecule has 0 saturated carbocycles. The Morgan fingerprint density at radius 2 is 2.06 bits per heavy atom. The summed E-state index contributed by atoms with van der Waals surface area (Å²) in [5, 5.41) is 12.0. The fourth-order valence-corrected chi connectivity index (χ4v) is 1.75. The SMILES string of the molecule is COc1ccc(CNCc2cccc(Cl)c2)nn1. The lowest BCUT2D eigenvalue weighted by atomic mass is 10.2. The molecular formula is C13H14ClN3O. The summed E-state index contributed by atoms with van der Waals surface area (Å²) in [6.07, 6.45) is 0. The highest BCUT2D eigenvalue weighted by Crippen LogP contribution is 2.10. The van der Waals surface area contributed by atoms with Crippen LogP contribution in [0.25, 0.3) is 0 Å². The molecule has 0 unspecified atom stereocenters. The van der Waals surface area contributed by atoms with E-state index in [9.17, 15) is 0 Å². The van der Waals surface area contributed by atoms with Gasteiger partial charge in [0, 0.05) is 24.2 Å². The largest absolute Gasteiger partial charge is 0.480 e. The van der Waals surface area contributed by atoms with E-state index in [1.165, 1.54) is 0 Å². The summed E-state index contributed by atoms with van der Waals surface area (Å²) in [5.74, 6) is 0.522. The molecular weight excluding hydrogens is 250 g/mol. The third-order valence-electron chi connectivity index (χ3n) is 2.43. The number of rotatable bonds is 5. The minimum Gasteiger partial charge on any atom is -0.480 e. The average Bonchev–Trinajstić information content (AvgIpc) is 2.40. The van der Waals surface area contributed by atoms with Gasteiger partial charge >= 0.3 is 0 Å². The van der Waals surface area contributed by atoms with E-state index >= 15 is 0 Å². The zero-order valence-electron chi connectivity index (χ0n) is 10.1. The number of ether oxygens (including phenoxy) is 1. The average molecular weight is 264 g/mol. The fraction of sp³-hybridized carbons (Fsp3) is 0.231. The number of hydrogen-bond donors (Lipinski definition) is 1. The Morgan fingerprint density at radius 1 is 1.17 bits per heavy atom. The molecule has 0 aliphatic carbocycles. The van der Waals surface area contributed by atoms with Crippen molar-refractivity contribution in [2.75, 3.05) is 7.11 Å². The minimum absolute atomic E-state index is 0.522. The molecule has 0 spiro atoms. The highest BCUT2D eigenvalue weighted by atomic mass is 35.5. The fourth-order valence-electron chi connectivity index (χ4n) is 1.53. The first-order valence-corrected chi connectivity index (χ1v) is 5.97. The number of methoxy groups -OCH3 is 1. The second kappa shape index (κ2) is 6.33. The summed E-state index contributed by atoms with van der Waals surface area (Å²) in [5.41, 5.74) is 2.02. The molecule has 2 rings (SSSR count). The van der Waals surface area contributed by atoms with Gasteiger partial charge in [-0.3, -0.25) is 0 Å². The third-order valence-corrected chi connectivity index (χ3v) is 2.66. The van der Waals surface area contributed by atoms with E-state index < -0.39 is 0 Å². The Labute approximate surface area is 111 Å². The molecule has 0 aliphatic rings. The molecule has 18 heavy (non-hydrogen) atoms. The van der Waals surface area contributed by atoms with Gasteiger partial charge in [-0.15, -0.1) is 5.10 Å². The summed E-state index contributed by atoms with van der Waals surface area (Å²) in [7, 11) is 1.57. The van der Waals surface area contributed by atoms with Crippen molar-refractivity contribution in [3.05, 3.63) is 52.7 Å². The molecule has 2 aromatic rings. The number of nitrogens with one attached hydrogen (secondary N) is 1. The van der Waals surface area contributed by atoms with Crippen LogP contribution in [0.15, 0.2) is 36.4 Å². The summed E-state index contributed by atoms with van der Waals surface area (Å²) in [6.45, 7) is 1.40. The summed E-state index contributed by atoms with van der Waals surface area (Å²) >= 11 is 5.91. The van der Waals surface area contributed by atoms with Gasteiger partial charge in [0.15, 0.2) is 0 Å². The smallest absolute Gasteiger partial charge is 0.233 e. The Kier molecular flexibility index (Phi) is 4.50. The summed E-state index contributed by atoms with van der Waals surface area (Å²) < 4.78 is 4.95. The van der Waals surface area contributed by atoms with Crippen molar-refractivity contribution < 1.29 is 4.74 Å². The molecule has 4 nitrogen and oxygen atoms in total. The molecule has 0 radical (unpaired) electrons. The van der Waals surface area contributed by atoms with Crippen molar-refractivity contribution in [2.24, 2.45) is 0 Å². The number of halogens is 1. The quantitative estimate of drug-likeness (QED) is 0.900. The van der Waals surface area contributed by atoms with Crippen molar-refractivity contribution in [1.82, 2.24) is 15.5 Å². The lowest BCUT2D eigenvalue weighted by Gasteiger charge is -2.05. The normalized spacial score (nSPS) is 10.3. The molecule has 1 aromatic carbocycles. The Morgan fingerprint density at radius 3 is 2.72 bits per heavy atom.